The third kappa shape index (κ3) is 5.22. The molecule has 3 aromatic carbocycles. The Hall–Kier alpha value is -3.38. The lowest BCUT2D eigenvalue weighted by Crippen LogP contribution is -2.27. The Morgan fingerprint density at radius 1 is 1.10 bits per heavy atom. The number of thioether (sulfide) groups is 1. The van der Waals surface area contributed by atoms with E-state index in [0.29, 0.717) is 17.9 Å². The van der Waals surface area contributed by atoms with Crippen molar-refractivity contribution < 1.29 is 9.59 Å². The average Bonchev–Trinajstić information content (AvgIpc) is 3.14. The molecule has 0 aliphatic carbocycles. The Bertz CT molecular complexity index is 1100. The fourth-order valence-corrected chi connectivity index (χ4v) is 4.65. The van der Waals surface area contributed by atoms with Gasteiger partial charge in [-0.25, -0.2) is 5.43 Å². The van der Waals surface area contributed by atoms with Gasteiger partial charge in [0.05, 0.1) is 12.0 Å². The van der Waals surface area contributed by atoms with Gasteiger partial charge >= 0.3 is 0 Å². The lowest BCUT2D eigenvalue weighted by atomic mass is 10.1. The highest BCUT2D eigenvalue weighted by Crippen LogP contribution is 2.39. The summed E-state index contributed by atoms with van der Waals surface area (Å²) in [7, 11) is 0. The van der Waals surface area contributed by atoms with Crippen molar-refractivity contribution in [2.75, 3.05) is 5.75 Å². The van der Waals surface area contributed by atoms with E-state index in [9.17, 15) is 9.59 Å². The van der Waals surface area contributed by atoms with Gasteiger partial charge in [0.25, 0.3) is 5.91 Å². The van der Waals surface area contributed by atoms with Gasteiger partial charge in [-0.05, 0) is 35.7 Å². The van der Waals surface area contributed by atoms with Crippen LogP contribution in [0.5, 0.6) is 0 Å². The van der Waals surface area contributed by atoms with Crippen molar-refractivity contribution >= 4 is 29.8 Å². The van der Waals surface area contributed by atoms with Gasteiger partial charge in [0.15, 0.2) is 0 Å². The fraction of sp³-hybridized carbons (Fsp3) is 0.160. The zero-order chi connectivity index (χ0) is 21.6. The minimum absolute atomic E-state index is 0.0517. The summed E-state index contributed by atoms with van der Waals surface area (Å²) in [5, 5.41) is 3.99. The summed E-state index contributed by atoms with van der Waals surface area (Å²) < 4.78 is 0. The zero-order valence-electron chi connectivity index (χ0n) is 17.2. The van der Waals surface area contributed by atoms with Crippen molar-refractivity contribution in [2.24, 2.45) is 5.10 Å². The molecule has 2 amide bonds. The third-order valence-electron chi connectivity index (χ3n) is 5.04. The molecule has 1 atom stereocenters. The second-order valence-electron chi connectivity index (χ2n) is 7.41. The average molecular weight is 430 g/mol. The van der Waals surface area contributed by atoms with Crippen LogP contribution in [0.15, 0.2) is 84.0 Å². The Kier molecular flexibility index (Phi) is 6.48. The molecule has 5 nitrogen and oxygen atoms in total. The maximum Gasteiger partial charge on any atom is 0.271 e. The zero-order valence-corrected chi connectivity index (χ0v) is 18.0. The summed E-state index contributed by atoms with van der Waals surface area (Å²) in [6, 6.07) is 25.2. The molecular weight excluding hydrogens is 406 g/mol. The minimum atomic E-state index is -0.272. The highest BCUT2D eigenvalue weighted by atomic mass is 32.2. The first kappa shape index (κ1) is 20.9. The number of hydrogen-bond donors (Lipinski definition) is 1. The monoisotopic (exact) mass is 429 g/mol. The Balaban J connectivity index is 1.41. The van der Waals surface area contributed by atoms with Crippen LogP contribution in [0.1, 0.15) is 38.0 Å². The molecule has 0 spiro atoms. The topological polar surface area (TPSA) is 61.8 Å². The molecule has 4 rings (SSSR count). The summed E-state index contributed by atoms with van der Waals surface area (Å²) in [4.78, 5) is 26.7. The Labute approximate surface area is 186 Å². The summed E-state index contributed by atoms with van der Waals surface area (Å²) in [5.74, 6) is 0.325. The van der Waals surface area contributed by atoms with E-state index in [1.54, 1.807) is 30.1 Å². The SMILES string of the molecule is Cc1cccc(/C=N\NC(=O)c2ccc([C@H]3SCC(=O)N3Cc3ccccc3)cc2)c1. The number of benzene rings is 3. The molecule has 1 fully saturated rings. The van der Waals surface area contributed by atoms with Gasteiger partial charge in [0, 0.05) is 12.1 Å². The van der Waals surface area contributed by atoms with E-state index in [0.717, 1.165) is 22.3 Å². The number of rotatable bonds is 6. The molecular formula is C25H23N3O2S. The van der Waals surface area contributed by atoms with Crippen LogP contribution in [0, 0.1) is 6.92 Å². The molecule has 1 aliphatic rings. The molecule has 0 unspecified atom stereocenters. The van der Waals surface area contributed by atoms with E-state index in [1.165, 1.54) is 0 Å². The number of nitrogens with zero attached hydrogens (tertiary/aromatic N) is 2. The number of hydrazone groups is 1. The van der Waals surface area contributed by atoms with Crippen molar-refractivity contribution in [2.45, 2.75) is 18.8 Å². The van der Waals surface area contributed by atoms with E-state index in [1.807, 2.05) is 78.6 Å². The molecule has 31 heavy (non-hydrogen) atoms. The molecule has 1 saturated heterocycles. The number of carbonyl (C=O) groups is 2. The maximum atomic E-state index is 12.4. The first-order valence-corrected chi connectivity index (χ1v) is 11.1. The highest BCUT2D eigenvalue weighted by molar-refractivity contribution is 8.00. The standard InChI is InChI=1S/C25H23N3O2S/c1-18-6-5-9-20(14-18)15-26-27-24(30)21-10-12-22(13-11-21)25-28(23(29)17-31-25)16-19-7-3-2-4-8-19/h2-15,25H,16-17H2,1H3,(H,27,30)/b26-15-/t25-/m1/s1. The molecule has 0 saturated carbocycles. The van der Waals surface area contributed by atoms with Crippen LogP contribution in [0.3, 0.4) is 0 Å². The van der Waals surface area contributed by atoms with Crippen molar-refractivity contribution in [3.05, 3.63) is 107 Å². The summed E-state index contributed by atoms with van der Waals surface area (Å²) in [6.07, 6.45) is 1.63. The summed E-state index contributed by atoms with van der Waals surface area (Å²) in [6.45, 7) is 2.59. The van der Waals surface area contributed by atoms with E-state index >= 15 is 0 Å². The van der Waals surface area contributed by atoms with E-state index in [-0.39, 0.29) is 17.2 Å². The second-order valence-corrected chi connectivity index (χ2v) is 8.47. The predicted octanol–water partition coefficient (Wildman–Crippen LogP) is 4.53. The van der Waals surface area contributed by atoms with Crippen molar-refractivity contribution in [3.8, 4) is 0 Å². The van der Waals surface area contributed by atoms with Crippen LogP contribution in [0.25, 0.3) is 0 Å². The Morgan fingerprint density at radius 3 is 2.61 bits per heavy atom. The minimum Gasteiger partial charge on any atom is -0.322 e. The predicted molar refractivity (Wildman–Crippen MR) is 125 cm³/mol. The number of nitrogens with one attached hydrogen (secondary N) is 1. The smallest absolute Gasteiger partial charge is 0.271 e. The lowest BCUT2D eigenvalue weighted by molar-refractivity contribution is -0.128. The van der Waals surface area contributed by atoms with E-state index in [2.05, 4.69) is 10.5 Å². The fourth-order valence-electron chi connectivity index (χ4n) is 3.46. The van der Waals surface area contributed by atoms with Crippen LogP contribution in [0.4, 0.5) is 0 Å². The molecule has 6 heteroatoms. The summed E-state index contributed by atoms with van der Waals surface area (Å²) in [5.41, 5.74) is 7.26. The van der Waals surface area contributed by atoms with E-state index < -0.39 is 0 Å². The number of aryl methyl sites for hydroxylation is 1. The quantitative estimate of drug-likeness (QED) is 0.462. The van der Waals surface area contributed by atoms with Crippen LogP contribution in [0.2, 0.25) is 0 Å². The van der Waals surface area contributed by atoms with Gasteiger partial charge in [0.2, 0.25) is 5.91 Å². The van der Waals surface area contributed by atoms with Gasteiger partial charge < -0.3 is 4.90 Å². The van der Waals surface area contributed by atoms with Crippen molar-refractivity contribution in [3.63, 3.8) is 0 Å². The molecule has 1 aliphatic heterocycles. The van der Waals surface area contributed by atoms with Gasteiger partial charge in [-0.15, -0.1) is 11.8 Å². The van der Waals surface area contributed by atoms with Crippen LogP contribution in [-0.4, -0.2) is 28.7 Å². The summed E-state index contributed by atoms with van der Waals surface area (Å²) >= 11 is 1.61. The molecule has 0 aromatic heterocycles. The maximum absolute atomic E-state index is 12.4. The third-order valence-corrected chi connectivity index (χ3v) is 6.30. The molecule has 0 bridgehead atoms. The van der Waals surface area contributed by atoms with Crippen molar-refractivity contribution in [1.82, 2.24) is 10.3 Å². The number of hydrogen-bond acceptors (Lipinski definition) is 4. The van der Waals surface area contributed by atoms with Gasteiger partial charge in [-0.1, -0.05) is 72.3 Å². The number of amides is 2. The van der Waals surface area contributed by atoms with Gasteiger partial charge in [0.1, 0.15) is 5.37 Å². The first-order chi connectivity index (χ1) is 15.1. The van der Waals surface area contributed by atoms with E-state index in [4.69, 9.17) is 0 Å². The highest BCUT2D eigenvalue weighted by Gasteiger charge is 2.32. The van der Waals surface area contributed by atoms with Gasteiger partial charge in [-0.2, -0.15) is 5.10 Å². The first-order valence-electron chi connectivity index (χ1n) is 10.1. The molecule has 1 heterocycles. The molecule has 156 valence electrons. The second kappa shape index (κ2) is 9.62. The largest absolute Gasteiger partial charge is 0.322 e. The van der Waals surface area contributed by atoms with Crippen LogP contribution in [-0.2, 0) is 11.3 Å². The molecule has 1 N–H and O–H groups in total. The van der Waals surface area contributed by atoms with Gasteiger partial charge in [-0.3, -0.25) is 9.59 Å². The van der Waals surface area contributed by atoms with Crippen LogP contribution >= 0.6 is 11.8 Å². The van der Waals surface area contributed by atoms with Crippen LogP contribution < -0.4 is 5.43 Å². The number of carbonyl (C=O) groups excluding carboxylic acids is 2. The molecule has 3 aromatic rings. The Morgan fingerprint density at radius 2 is 1.87 bits per heavy atom. The lowest BCUT2D eigenvalue weighted by Gasteiger charge is -2.24. The van der Waals surface area contributed by atoms with Crippen molar-refractivity contribution in [1.29, 1.82) is 0 Å². The normalized spacial score (nSPS) is 16.1. The molecule has 0 radical (unpaired) electrons.